The van der Waals surface area contributed by atoms with Gasteiger partial charge in [0.25, 0.3) is 0 Å². The van der Waals surface area contributed by atoms with Gasteiger partial charge in [-0.25, -0.2) is 4.39 Å². The molecule has 1 aliphatic rings. The summed E-state index contributed by atoms with van der Waals surface area (Å²) in [6.45, 7) is 5.54. The lowest BCUT2D eigenvalue weighted by molar-refractivity contribution is 0.251. The van der Waals surface area contributed by atoms with Crippen LogP contribution in [0.15, 0.2) is 65.2 Å². The zero-order valence-corrected chi connectivity index (χ0v) is 17.3. The molecular formula is C23H27ClFN3O. The lowest BCUT2D eigenvalue weighted by Crippen LogP contribution is -2.46. The molecule has 0 spiro atoms. The Kier molecular flexibility index (Phi) is 7.67. The van der Waals surface area contributed by atoms with E-state index in [1.54, 1.807) is 12.1 Å². The Balaban J connectivity index is 0.00000240. The van der Waals surface area contributed by atoms with E-state index in [1.807, 2.05) is 6.07 Å². The fourth-order valence-electron chi connectivity index (χ4n) is 3.69. The number of anilines is 1. The molecule has 2 heterocycles. The third-order valence-corrected chi connectivity index (χ3v) is 5.34. The molecule has 4 nitrogen and oxygen atoms in total. The topological polar surface area (TPSA) is 32.5 Å². The van der Waals surface area contributed by atoms with E-state index in [2.05, 4.69) is 45.3 Å². The summed E-state index contributed by atoms with van der Waals surface area (Å²) >= 11 is 0. The van der Waals surface area contributed by atoms with Crippen molar-refractivity contribution in [2.45, 2.75) is 19.3 Å². The quantitative estimate of drug-likeness (QED) is 0.505. The number of para-hydroxylation sites is 1. The minimum Gasteiger partial charge on any atom is -0.369 e. The van der Waals surface area contributed by atoms with Gasteiger partial charge >= 0.3 is 0 Å². The molecule has 0 N–H and O–H groups in total. The van der Waals surface area contributed by atoms with Gasteiger partial charge in [-0.1, -0.05) is 23.4 Å². The number of piperazine rings is 1. The van der Waals surface area contributed by atoms with Crippen LogP contribution < -0.4 is 4.90 Å². The normalized spacial score (nSPS) is 14.6. The molecular weight excluding hydrogens is 389 g/mol. The van der Waals surface area contributed by atoms with Crippen LogP contribution in [0.4, 0.5) is 10.1 Å². The van der Waals surface area contributed by atoms with Crippen LogP contribution in [-0.4, -0.2) is 42.8 Å². The minimum atomic E-state index is -0.239. The molecule has 0 bridgehead atoms. The maximum atomic E-state index is 13.0. The fourth-order valence-corrected chi connectivity index (χ4v) is 3.69. The third-order valence-electron chi connectivity index (χ3n) is 5.34. The maximum absolute atomic E-state index is 13.0. The van der Waals surface area contributed by atoms with Gasteiger partial charge in [0.1, 0.15) is 17.3 Å². The maximum Gasteiger partial charge on any atom is 0.137 e. The van der Waals surface area contributed by atoms with Crippen LogP contribution in [0.1, 0.15) is 18.6 Å². The van der Waals surface area contributed by atoms with Gasteiger partial charge in [-0.3, -0.25) is 4.90 Å². The highest BCUT2D eigenvalue weighted by molar-refractivity contribution is 5.85. The summed E-state index contributed by atoms with van der Waals surface area (Å²) in [7, 11) is 0. The van der Waals surface area contributed by atoms with Gasteiger partial charge in [-0.2, -0.15) is 0 Å². The standard InChI is InChI=1S/C23H26FN3O.ClH/c24-20-11-9-19(10-12-20)23-18-22(28-25-23)8-4-5-13-26-14-16-27(17-15-26)21-6-2-1-3-7-21;/h1-3,6-7,9-12,18H,4-5,8,13-17H2;1H. The lowest BCUT2D eigenvalue weighted by Gasteiger charge is -2.36. The van der Waals surface area contributed by atoms with Crippen molar-refractivity contribution in [3.05, 3.63) is 72.2 Å². The van der Waals surface area contributed by atoms with E-state index in [0.717, 1.165) is 69.0 Å². The van der Waals surface area contributed by atoms with E-state index in [9.17, 15) is 4.39 Å². The zero-order valence-electron chi connectivity index (χ0n) is 16.5. The lowest BCUT2D eigenvalue weighted by atomic mass is 10.1. The second-order valence-corrected chi connectivity index (χ2v) is 7.31. The largest absolute Gasteiger partial charge is 0.369 e. The van der Waals surface area contributed by atoms with E-state index in [1.165, 1.54) is 17.8 Å². The number of rotatable bonds is 7. The molecule has 29 heavy (non-hydrogen) atoms. The molecule has 0 unspecified atom stereocenters. The molecule has 0 aliphatic carbocycles. The summed E-state index contributed by atoms with van der Waals surface area (Å²) in [6, 6.07) is 19.0. The molecule has 1 aliphatic heterocycles. The van der Waals surface area contributed by atoms with Crippen molar-refractivity contribution in [2.24, 2.45) is 0 Å². The van der Waals surface area contributed by atoms with Crippen LogP contribution in [0.3, 0.4) is 0 Å². The highest BCUT2D eigenvalue weighted by Crippen LogP contribution is 2.20. The number of hydrogen-bond donors (Lipinski definition) is 0. The molecule has 3 aromatic rings. The Hall–Kier alpha value is -2.37. The average molecular weight is 416 g/mol. The van der Waals surface area contributed by atoms with Crippen molar-refractivity contribution in [2.75, 3.05) is 37.6 Å². The van der Waals surface area contributed by atoms with Gasteiger partial charge in [0.05, 0.1) is 0 Å². The smallest absolute Gasteiger partial charge is 0.137 e. The van der Waals surface area contributed by atoms with Gasteiger partial charge in [0.2, 0.25) is 0 Å². The van der Waals surface area contributed by atoms with Crippen molar-refractivity contribution in [1.82, 2.24) is 10.1 Å². The van der Waals surface area contributed by atoms with Crippen LogP contribution in [0.5, 0.6) is 0 Å². The van der Waals surface area contributed by atoms with Crippen LogP contribution in [0.25, 0.3) is 11.3 Å². The number of nitrogens with zero attached hydrogens (tertiary/aromatic N) is 3. The van der Waals surface area contributed by atoms with E-state index in [-0.39, 0.29) is 18.2 Å². The molecule has 154 valence electrons. The summed E-state index contributed by atoms with van der Waals surface area (Å²) in [5, 5.41) is 4.11. The van der Waals surface area contributed by atoms with E-state index < -0.39 is 0 Å². The second-order valence-electron chi connectivity index (χ2n) is 7.31. The third kappa shape index (κ3) is 5.81. The first-order valence-electron chi connectivity index (χ1n) is 10.0. The van der Waals surface area contributed by atoms with Gasteiger partial charge < -0.3 is 9.42 Å². The summed E-state index contributed by atoms with van der Waals surface area (Å²) in [4.78, 5) is 5.01. The summed E-state index contributed by atoms with van der Waals surface area (Å²) < 4.78 is 18.5. The highest BCUT2D eigenvalue weighted by atomic mass is 35.5. The first-order valence-corrected chi connectivity index (χ1v) is 10.0. The molecule has 1 fully saturated rings. The summed E-state index contributed by atoms with van der Waals surface area (Å²) in [5.41, 5.74) is 2.98. The number of benzene rings is 2. The molecule has 6 heteroatoms. The Morgan fingerprint density at radius 3 is 2.34 bits per heavy atom. The predicted molar refractivity (Wildman–Crippen MR) is 117 cm³/mol. The molecule has 0 amide bonds. The van der Waals surface area contributed by atoms with Gasteiger partial charge in [-0.05, 0) is 55.8 Å². The zero-order chi connectivity index (χ0) is 19.2. The predicted octanol–water partition coefficient (Wildman–Crippen LogP) is 5.05. The fraction of sp³-hybridized carbons (Fsp3) is 0.348. The summed E-state index contributed by atoms with van der Waals surface area (Å²) in [5.74, 6) is 0.658. The van der Waals surface area contributed by atoms with Gasteiger partial charge in [0, 0.05) is 49.9 Å². The SMILES string of the molecule is Cl.Fc1ccc(-c2cc(CCCCN3CCN(c4ccccc4)CC3)on2)cc1. The monoisotopic (exact) mass is 415 g/mol. The van der Waals surface area contributed by atoms with Crippen molar-refractivity contribution >= 4 is 18.1 Å². The van der Waals surface area contributed by atoms with E-state index in [0.29, 0.717) is 0 Å². The first-order chi connectivity index (χ1) is 13.8. The number of hydrogen-bond acceptors (Lipinski definition) is 4. The van der Waals surface area contributed by atoms with E-state index in [4.69, 9.17) is 4.52 Å². The summed E-state index contributed by atoms with van der Waals surface area (Å²) in [6.07, 6.45) is 3.12. The molecule has 4 rings (SSSR count). The van der Waals surface area contributed by atoms with E-state index >= 15 is 0 Å². The number of halogens is 2. The van der Waals surface area contributed by atoms with Crippen LogP contribution in [0.2, 0.25) is 0 Å². The Bertz CT molecular complexity index is 861. The Morgan fingerprint density at radius 1 is 0.897 bits per heavy atom. The minimum absolute atomic E-state index is 0. The molecule has 1 aromatic heterocycles. The van der Waals surface area contributed by atoms with Gasteiger partial charge in [-0.15, -0.1) is 12.4 Å². The molecule has 0 saturated carbocycles. The van der Waals surface area contributed by atoms with Crippen molar-refractivity contribution in [1.29, 1.82) is 0 Å². The average Bonchev–Trinajstić information content (AvgIpc) is 3.22. The molecule has 0 radical (unpaired) electrons. The molecule has 1 saturated heterocycles. The Morgan fingerprint density at radius 2 is 1.62 bits per heavy atom. The van der Waals surface area contributed by atoms with Crippen LogP contribution in [0, 0.1) is 5.82 Å². The van der Waals surface area contributed by atoms with Gasteiger partial charge in [0.15, 0.2) is 0 Å². The first kappa shape index (κ1) is 21.3. The van der Waals surface area contributed by atoms with Crippen molar-refractivity contribution < 1.29 is 8.91 Å². The Labute approximate surface area is 177 Å². The van der Waals surface area contributed by atoms with Crippen molar-refractivity contribution in [3.8, 4) is 11.3 Å². The van der Waals surface area contributed by atoms with Crippen molar-refractivity contribution in [3.63, 3.8) is 0 Å². The second kappa shape index (κ2) is 10.4. The molecule has 2 aromatic carbocycles. The number of aromatic nitrogens is 1. The highest BCUT2D eigenvalue weighted by Gasteiger charge is 2.16. The number of unbranched alkanes of at least 4 members (excludes halogenated alkanes) is 1. The number of aryl methyl sites for hydroxylation is 1. The van der Waals surface area contributed by atoms with Crippen LogP contribution >= 0.6 is 12.4 Å². The molecule has 0 atom stereocenters. The van der Waals surface area contributed by atoms with Crippen LogP contribution in [-0.2, 0) is 6.42 Å².